The van der Waals surface area contributed by atoms with E-state index in [4.69, 9.17) is 0 Å². The highest BCUT2D eigenvalue weighted by molar-refractivity contribution is 5.45. The summed E-state index contributed by atoms with van der Waals surface area (Å²) in [5.41, 5.74) is 1.30. The van der Waals surface area contributed by atoms with Crippen LogP contribution in [0.2, 0.25) is 0 Å². The van der Waals surface area contributed by atoms with E-state index in [2.05, 4.69) is 42.3 Å². The lowest BCUT2D eigenvalue weighted by Gasteiger charge is -2.43. The Labute approximate surface area is 116 Å². The normalized spacial score (nSPS) is 28.1. The third-order valence-corrected chi connectivity index (χ3v) is 4.62. The lowest BCUT2D eigenvalue weighted by molar-refractivity contribution is 0.320. The number of aromatic nitrogens is 2. The summed E-state index contributed by atoms with van der Waals surface area (Å²) in [6.45, 7) is 9.98. The zero-order chi connectivity index (χ0) is 13.4. The molecule has 2 aliphatic rings. The Balaban J connectivity index is 1.79. The summed E-state index contributed by atoms with van der Waals surface area (Å²) >= 11 is 0. The third-order valence-electron chi connectivity index (χ3n) is 4.62. The van der Waals surface area contributed by atoms with E-state index < -0.39 is 0 Å². The molecule has 4 heteroatoms. The topological polar surface area (TPSA) is 33.1 Å². The van der Waals surface area contributed by atoms with Gasteiger partial charge in [0.15, 0.2) is 0 Å². The van der Waals surface area contributed by atoms with Gasteiger partial charge in [0.1, 0.15) is 0 Å². The van der Waals surface area contributed by atoms with Gasteiger partial charge in [-0.15, -0.1) is 0 Å². The smallest absolute Gasteiger partial charge is 0.0756 e. The predicted molar refractivity (Wildman–Crippen MR) is 78.4 cm³/mol. The van der Waals surface area contributed by atoms with Gasteiger partial charge < -0.3 is 10.2 Å². The van der Waals surface area contributed by atoms with Crippen molar-refractivity contribution >= 4 is 5.69 Å². The van der Waals surface area contributed by atoms with Crippen molar-refractivity contribution < 1.29 is 0 Å². The lowest BCUT2D eigenvalue weighted by Crippen LogP contribution is -2.59. The van der Waals surface area contributed by atoms with Crippen molar-refractivity contribution in [3.63, 3.8) is 0 Å². The van der Waals surface area contributed by atoms with Crippen molar-refractivity contribution in [1.29, 1.82) is 0 Å². The minimum atomic E-state index is 0.588. The van der Waals surface area contributed by atoms with Gasteiger partial charge in [-0.25, -0.2) is 0 Å². The largest absolute Gasteiger partial charge is 0.363 e. The summed E-state index contributed by atoms with van der Waals surface area (Å²) < 4.78 is 2.03. The highest BCUT2D eigenvalue weighted by Gasteiger charge is 2.38. The molecule has 0 amide bonds. The standard InChI is InChI=1S/C15H26N4/c1-4-18-9-13(7-17-18)19-10-14(12-5-6-12)16-8-15(19)11(2)3/h7,9,11-12,14-16H,4-6,8,10H2,1-3H3. The second-order valence-corrected chi connectivity index (χ2v) is 6.37. The zero-order valence-corrected chi connectivity index (χ0v) is 12.3. The van der Waals surface area contributed by atoms with Gasteiger partial charge in [0.05, 0.1) is 11.9 Å². The van der Waals surface area contributed by atoms with Gasteiger partial charge in [0.25, 0.3) is 0 Å². The maximum Gasteiger partial charge on any atom is 0.0756 e. The molecule has 2 heterocycles. The van der Waals surface area contributed by atoms with E-state index in [0.29, 0.717) is 18.0 Å². The number of piperazine rings is 1. The molecule has 106 valence electrons. The fraction of sp³-hybridized carbons (Fsp3) is 0.800. The Hall–Kier alpha value is -1.03. The van der Waals surface area contributed by atoms with Crippen molar-refractivity contribution in [2.45, 2.75) is 52.2 Å². The molecule has 3 rings (SSSR count). The molecule has 19 heavy (non-hydrogen) atoms. The number of nitrogens with zero attached hydrogens (tertiary/aromatic N) is 3. The van der Waals surface area contributed by atoms with Crippen LogP contribution in [0.15, 0.2) is 12.4 Å². The molecular weight excluding hydrogens is 236 g/mol. The maximum absolute atomic E-state index is 4.44. The third kappa shape index (κ3) is 2.64. The Morgan fingerprint density at radius 3 is 2.79 bits per heavy atom. The van der Waals surface area contributed by atoms with E-state index in [9.17, 15) is 0 Å². The van der Waals surface area contributed by atoms with Crippen molar-refractivity contribution in [3.05, 3.63) is 12.4 Å². The Morgan fingerprint density at radius 1 is 1.42 bits per heavy atom. The first kappa shape index (κ1) is 13.0. The molecule has 1 aliphatic carbocycles. The Morgan fingerprint density at radius 2 is 2.21 bits per heavy atom. The molecule has 1 saturated carbocycles. The van der Waals surface area contributed by atoms with Gasteiger partial charge in [-0.1, -0.05) is 13.8 Å². The molecule has 2 atom stereocenters. The SMILES string of the molecule is CCn1cc(N2CC(C3CC3)NCC2C(C)C)cn1. The van der Waals surface area contributed by atoms with Gasteiger partial charge in [-0.3, -0.25) is 4.68 Å². The second kappa shape index (κ2) is 5.16. The second-order valence-electron chi connectivity index (χ2n) is 6.37. The molecule has 0 radical (unpaired) electrons. The number of rotatable bonds is 4. The van der Waals surface area contributed by atoms with E-state index in [1.807, 2.05) is 10.9 Å². The minimum Gasteiger partial charge on any atom is -0.363 e. The number of nitrogens with one attached hydrogen (secondary N) is 1. The van der Waals surface area contributed by atoms with Crippen LogP contribution < -0.4 is 10.2 Å². The maximum atomic E-state index is 4.44. The monoisotopic (exact) mass is 262 g/mol. The van der Waals surface area contributed by atoms with Gasteiger partial charge in [-0.05, 0) is 31.6 Å². The summed E-state index contributed by atoms with van der Waals surface area (Å²) in [7, 11) is 0. The summed E-state index contributed by atoms with van der Waals surface area (Å²) in [4.78, 5) is 2.59. The highest BCUT2D eigenvalue weighted by Crippen LogP contribution is 2.36. The molecule has 1 aromatic heterocycles. The molecule has 2 unspecified atom stereocenters. The molecule has 4 nitrogen and oxygen atoms in total. The van der Waals surface area contributed by atoms with Crippen molar-refractivity contribution in [1.82, 2.24) is 15.1 Å². The number of aryl methyl sites for hydroxylation is 1. The van der Waals surface area contributed by atoms with Crippen LogP contribution >= 0.6 is 0 Å². The fourth-order valence-corrected chi connectivity index (χ4v) is 3.17. The van der Waals surface area contributed by atoms with Crippen molar-refractivity contribution in [3.8, 4) is 0 Å². The van der Waals surface area contributed by atoms with Gasteiger partial charge in [0, 0.05) is 37.9 Å². The molecule has 2 fully saturated rings. The average molecular weight is 262 g/mol. The van der Waals surface area contributed by atoms with Crippen molar-refractivity contribution in [2.75, 3.05) is 18.0 Å². The minimum absolute atomic E-state index is 0.588. The fourth-order valence-electron chi connectivity index (χ4n) is 3.17. The zero-order valence-electron chi connectivity index (χ0n) is 12.3. The van der Waals surface area contributed by atoms with Crippen LogP contribution in [-0.2, 0) is 6.54 Å². The van der Waals surface area contributed by atoms with Gasteiger partial charge >= 0.3 is 0 Å². The van der Waals surface area contributed by atoms with Crippen LogP contribution in [0.25, 0.3) is 0 Å². The summed E-state index contributed by atoms with van der Waals surface area (Å²) in [5, 5.41) is 8.21. The first-order chi connectivity index (χ1) is 9.19. The molecule has 1 aliphatic heterocycles. The number of anilines is 1. The molecule has 0 spiro atoms. The summed E-state index contributed by atoms with van der Waals surface area (Å²) in [5.74, 6) is 1.58. The van der Waals surface area contributed by atoms with E-state index in [-0.39, 0.29) is 0 Å². The molecule has 0 bridgehead atoms. The highest BCUT2D eigenvalue weighted by atomic mass is 15.3. The van der Waals surface area contributed by atoms with Crippen LogP contribution in [0.5, 0.6) is 0 Å². The van der Waals surface area contributed by atoms with Crippen molar-refractivity contribution in [2.24, 2.45) is 11.8 Å². The van der Waals surface area contributed by atoms with Crippen LogP contribution in [0.4, 0.5) is 5.69 Å². The average Bonchev–Trinajstić information content (AvgIpc) is 3.15. The van der Waals surface area contributed by atoms with E-state index in [1.54, 1.807) is 0 Å². The van der Waals surface area contributed by atoms with Crippen LogP contribution in [0, 0.1) is 11.8 Å². The number of hydrogen-bond donors (Lipinski definition) is 1. The predicted octanol–water partition coefficient (Wildman–Crippen LogP) is 2.12. The molecular formula is C15H26N4. The summed E-state index contributed by atoms with van der Waals surface area (Å²) in [6.07, 6.45) is 7.05. The Kier molecular flexibility index (Phi) is 3.52. The van der Waals surface area contributed by atoms with Crippen LogP contribution in [0.1, 0.15) is 33.6 Å². The quantitative estimate of drug-likeness (QED) is 0.902. The van der Waals surface area contributed by atoms with E-state index >= 15 is 0 Å². The van der Waals surface area contributed by atoms with Crippen LogP contribution in [0.3, 0.4) is 0 Å². The molecule has 0 aromatic carbocycles. The Bertz CT molecular complexity index is 422. The molecule has 1 saturated heterocycles. The molecule has 1 aromatic rings. The first-order valence-electron chi connectivity index (χ1n) is 7.71. The van der Waals surface area contributed by atoms with Gasteiger partial charge in [0.2, 0.25) is 0 Å². The lowest BCUT2D eigenvalue weighted by atomic mass is 9.96. The van der Waals surface area contributed by atoms with Gasteiger partial charge in [-0.2, -0.15) is 5.10 Å². The molecule has 1 N–H and O–H groups in total. The summed E-state index contributed by atoms with van der Waals surface area (Å²) in [6, 6.07) is 1.27. The first-order valence-corrected chi connectivity index (χ1v) is 7.71. The van der Waals surface area contributed by atoms with E-state index in [1.165, 1.54) is 18.5 Å². The van der Waals surface area contributed by atoms with Crippen LogP contribution in [-0.4, -0.2) is 35.0 Å². The van der Waals surface area contributed by atoms with E-state index in [0.717, 1.165) is 25.6 Å². The number of hydrogen-bond acceptors (Lipinski definition) is 3.